The molecule has 0 bridgehead atoms. The first-order valence-corrected chi connectivity index (χ1v) is 10.7. The van der Waals surface area contributed by atoms with Crippen LogP contribution in [-0.2, 0) is 10.0 Å². The van der Waals surface area contributed by atoms with Crippen molar-refractivity contribution < 1.29 is 13.2 Å². The molecule has 0 spiro atoms. The van der Waals surface area contributed by atoms with Gasteiger partial charge in [-0.1, -0.05) is 0 Å². The van der Waals surface area contributed by atoms with Crippen molar-refractivity contribution in [1.29, 1.82) is 0 Å². The lowest BCUT2D eigenvalue weighted by molar-refractivity contribution is 0.0963. The topological polar surface area (TPSA) is 82.6 Å². The van der Waals surface area contributed by atoms with Crippen LogP contribution in [0, 0.1) is 0 Å². The van der Waals surface area contributed by atoms with E-state index in [1.165, 1.54) is 15.6 Å². The Bertz CT molecular complexity index is 876. The maximum Gasteiger partial charge on any atom is 0.254 e. The molecule has 1 aliphatic rings. The molecule has 1 N–H and O–H groups in total. The van der Waals surface area contributed by atoms with Crippen LogP contribution in [0.5, 0.6) is 0 Å². The molecule has 134 valence electrons. The summed E-state index contributed by atoms with van der Waals surface area (Å²) in [7, 11) is -1.91. The van der Waals surface area contributed by atoms with Crippen molar-refractivity contribution in [3.05, 3.63) is 39.8 Å². The van der Waals surface area contributed by atoms with Gasteiger partial charge in [-0.15, -0.1) is 11.3 Å². The van der Waals surface area contributed by atoms with E-state index in [2.05, 4.69) is 26.2 Å². The summed E-state index contributed by atoms with van der Waals surface area (Å²) in [6, 6.07) is 6.77. The molecule has 10 heteroatoms. The molecule has 0 aromatic carbocycles. The van der Waals surface area contributed by atoms with Crippen LogP contribution in [0.4, 0.5) is 5.82 Å². The largest absolute Gasteiger partial charge is 0.355 e. The summed E-state index contributed by atoms with van der Waals surface area (Å²) in [6.45, 7) is 1.66. The number of hydrogen-bond donors (Lipinski definition) is 1. The van der Waals surface area contributed by atoms with E-state index in [9.17, 15) is 13.2 Å². The van der Waals surface area contributed by atoms with Crippen LogP contribution in [0.3, 0.4) is 0 Å². The number of carbonyl (C=O) groups excluding carboxylic acids is 1. The van der Waals surface area contributed by atoms with Gasteiger partial charge in [-0.2, -0.15) is 4.31 Å². The van der Waals surface area contributed by atoms with Gasteiger partial charge in [0.15, 0.2) is 0 Å². The first-order chi connectivity index (χ1) is 11.9. The quantitative estimate of drug-likeness (QED) is 0.776. The SMILES string of the molecule is CNC(=O)c1cccnc1N1CCN(S(=O)(=O)c2ccc(Br)s2)CC1. The van der Waals surface area contributed by atoms with Crippen molar-refractivity contribution in [2.75, 3.05) is 38.1 Å². The molecule has 3 heterocycles. The van der Waals surface area contributed by atoms with Gasteiger partial charge in [0.25, 0.3) is 15.9 Å². The van der Waals surface area contributed by atoms with Gasteiger partial charge in [-0.05, 0) is 40.2 Å². The Morgan fingerprint density at radius 3 is 2.56 bits per heavy atom. The molecule has 0 atom stereocenters. The number of anilines is 1. The first kappa shape index (κ1) is 18.3. The van der Waals surface area contributed by atoms with Gasteiger partial charge in [-0.3, -0.25) is 4.79 Å². The molecule has 1 saturated heterocycles. The number of thiophene rings is 1. The van der Waals surface area contributed by atoms with E-state index in [0.29, 0.717) is 41.8 Å². The summed E-state index contributed by atoms with van der Waals surface area (Å²) in [4.78, 5) is 18.3. The van der Waals surface area contributed by atoms with Crippen molar-refractivity contribution in [3.8, 4) is 0 Å². The van der Waals surface area contributed by atoms with Gasteiger partial charge in [0.05, 0.1) is 9.35 Å². The zero-order valence-electron chi connectivity index (χ0n) is 13.5. The molecule has 3 rings (SSSR count). The Kier molecular flexibility index (Phi) is 5.42. The highest BCUT2D eigenvalue weighted by molar-refractivity contribution is 9.11. The fraction of sp³-hybridized carbons (Fsp3) is 0.333. The highest BCUT2D eigenvalue weighted by Gasteiger charge is 2.31. The van der Waals surface area contributed by atoms with Crippen LogP contribution in [0.15, 0.2) is 38.5 Å². The minimum atomic E-state index is -3.48. The smallest absolute Gasteiger partial charge is 0.254 e. The number of rotatable bonds is 4. The van der Waals surface area contributed by atoms with Gasteiger partial charge < -0.3 is 10.2 Å². The van der Waals surface area contributed by atoms with Crippen molar-refractivity contribution in [3.63, 3.8) is 0 Å². The van der Waals surface area contributed by atoms with Crippen LogP contribution >= 0.6 is 27.3 Å². The number of pyridine rings is 1. The number of nitrogens with one attached hydrogen (secondary N) is 1. The van der Waals surface area contributed by atoms with E-state index in [1.807, 2.05) is 4.90 Å². The highest BCUT2D eigenvalue weighted by Crippen LogP contribution is 2.29. The molecule has 0 radical (unpaired) electrons. The van der Waals surface area contributed by atoms with Crippen LogP contribution in [-0.4, -0.2) is 56.8 Å². The fourth-order valence-electron chi connectivity index (χ4n) is 2.66. The second-order valence-electron chi connectivity index (χ2n) is 5.40. The number of nitrogens with zero attached hydrogens (tertiary/aromatic N) is 3. The normalized spacial score (nSPS) is 16.0. The number of amides is 1. The highest BCUT2D eigenvalue weighted by atomic mass is 79.9. The van der Waals surface area contributed by atoms with Crippen LogP contribution in [0.2, 0.25) is 0 Å². The average molecular weight is 445 g/mol. The zero-order chi connectivity index (χ0) is 18.0. The number of aromatic nitrogens is 1. The lowest BCUT2D eigenvalue weighted by Crippen LogP contribution is -2.49. The number of piperazine rings is 1. The summed E-state index contributed by atoms with van der Waals surface area (Å²) in [5.74, 6) is 0.374. The standard InChI is InChI=1S/C15H17BrN4O3S2/c1-17-15(21)11-3-2-6-18-14(11)19-7-9-20(10-8-19)25(22,23)13-5-4-12(16)24-13/h2-6H,7-10H2,1H3,(H,17,21). The first-order valence-electron chi connectivity index (χ1n) is 7.61. The summed E-state index contributed by atoms with van der Waals surface area (Å²) in [6.07, 6.45) is 1.63. The molecule has 1 aliphatic heterocycles. The lowest BCUT2D eigenvalue weighted by atomic mass is 10.2. The Morgan fingerprint density at radius 1 is 1.24 bits per heavy atom. The predicted octanol–water partition coefficient (Wildman–Crippen LogP) is 1.78. The molecule has 2 aromatic rings. The molecule has 2 aromatic heterocycles. The van der Waals surface area contributed by atoms with Gasteiger partial charge in [0.2, 0.25) is 0 Å². The predicted molar refractivity (Wildman–Crippen MR) is 101 cm³/mol. The van der Waals surface area contributed by atoms with Crippen LogP contribution in [0.25, 0.3) is 0 Å². The molecule has 0 aliphatic carbocycles. The maximum absolute atomic E-state index is 12.7. The van der Waals surface area contributed by atoms with Crippen molar-refractivity contribution >= 4 is 49.0 Å². The monoisotopic (exact) mass is 444 g/mol. The molecule has 0 unspecified atom stereocenters. The fourth-order valence-corrected chi connectivity index (χ4v) is 6.25. The minimum Gasteiger partial charge on any atom is -0.355 e. The molecule has 1 fully saturated rings. The Morgan fingerprint density at radius 2 is 1.96 bits per heavy atom. The van der Waals surface area contributed by atoms with E-state index in [0.717, 1.165) is 3.79 Å². The zero-order valence-corrected chi connectivity index (χ0v) is 16.7. The van der Waals surface area contributed by atoms with E-state index >= 15 is 0 Å². The molecule has 7 nitrogen and oxygen atoms in total. The second-order valence-corrected chi connectivity index (χ2v) is 10.0. The third-order valence-electron chi connectivity index (χ3n) is 3.94. The number of carbonyl (C=O) groups is 1. The van der Waals surface area contributed by atoms with E-state index < -0.39 is 10.0 Å². The van der Waals surface area contributed by atoms with E-state index in [1.54, 1.807) is 37.5 Å². The third-order valence-corrected chi connectivity index (χ3v) is 7.93. The van der Waals surface area contributed by atoms with Gasteiger partial charge in [-0.25, -0.2) is 13.4 Å². The van der Waals surface area contributed by atoms with Crippen molar-refractivity contribution in [2.24, 2.45) is 0 Å². The maximum atomic E-state index is 12.7. The van der Waals surface area contributed by atoms with Gasteiger partial charge in [0.1, 0.15) is 10.0 Å². The van der Waals surface area contributed by atoms with Gasteiger partial charge in [0, 0.05) is 39.4 Å². The summed E-state index contributed by atoms with van der Waals surface area (Å²) < 4.78 is 28.0. The summed E-state index contributed by atoms with van der Waals surface area (Å²) in [5, 5.41) is 2.60. The van der Waals surface area contributed by atoms with Crippen LogP contribution < -0.4 is 10.2 Å². The van der Waals surface area contributed by atoms with Crippen LogP contribution in [0.1, 0.15) is 10.4 Å². The number of sulfonamides is 1. The molecule has 25 heavy (non-hydrogen) atoms. The summed E-state index contributed by atoms with van der Waals surface area (Å²) >= 11 is 4.50. The van der Waals surface area contributed by atoms with E-state index in [4.69, 9.17) is 0 Å². The van der Waals surface area contributed by atoms with E-state index in [-0.39, 0.29) is 5.91 Å². The number of halogens is 1. The second kappa shape index (κ2) is 7.40. The Labute approximate surface area is 158 Å². The lowest BCUT2D eigenvalue weighted by Gasteiger charge is -2.35. The molecular formula is C15H17BrN4O3S2. The van der Waals surface area contributed by atoms with Crippen molar-refractivity contribution in [2.45, 2.75) is 4.21 Å². The molecular weight excluding hydrogens is 428 g/mol. The Balaban J connectivity index is 1.76. The Hall–Kier alpha value is -1.49. The minimum absolute atomic E-state index is 0.207. The average Bonchev–Trinajstić information content (AvgIpc) is 3.08. The third kappa shape index (κ3) is 3.71. The van der Waals surface area contributed by atoms with Crippen molar-refractivity contribution in [1.82, 2.24) is 14.6 Å². The van der Waals surface area contributed by atoms with Gasteiger partial charge >= 0.3 is 0 Å². The molecule has 1 amide bonds. The number of hydrogen-bond acceptors (Lipinski definition) is 6. The molecule has 0 saturated carbocycles. The summed E-state index contributed by atoms with van der Waals surface area (Å²) in [5.41, 5.74) is 0.489.